The van der Waals surface area contributed by atoms with Crippen molar-refractivity contribution in [2.75, 3.05) is 12.3 Å². The van der Waals surface area contributed by atoms with E-state index in [1.165, 1.54) is 18.7 Å². The molecule has 0 bridgehead atoms. The lowest BCUT2D eigenvalue weighted by Crippen LogP contribution is -2.30. The number of H-pyrrole nitrogens is 1. The van der Waals surface area contributed by atoms with E-state index in [2.05, 4.69) is 19.9 Å². The molecule has 2 heterocycles. The highest BCUT2D eigenvalue weighted by molar-refractivity contribution is 5.80. The molecule has 0 radical (unpaired) electrons. The zero-order valence-corrected chi connectivity index (χ0v) is 14.0. The fraction of sp³-hybridized carbons (Fsp3) is 0.312. The lowest BCUT2D eigenvalue weighted by molar-refractivity contribution is -0.0368. The number of imidazole rings is 1. The van der Waals surface area contributed by atoms with Crippen LogP contribution < -0.4 is 5.73 Å². The van der Waals surface area contributed by atoms with Gasteiger partial charge in [-0.2, -0.15) is 0 Å². The summed E-state index contributed by atoms with van der Waals surface area (Å²) in [6.45, 7) is -0.647. The third kappa shape index (κ3) is 5.37. The molecule has 146 valence electrons. The number of anilines is 1. The normalized spacial score (nSPS) is 14.3. The second-order valence-electron chi connectivity index (χ2n) is 5.60. The number of rotatable bonds is 5. The number of nitrogens with one attached hydrogen (secondary N) is 1. The lowest BCUT2D eigenvalue weighted by Gasteiger charge is -2.19. The summed E-state index contributed by atoms with van der Waals surface area (Å²) in [7, 11) is 0. The minimum atomic E-state index is -1.38. The summed E-state index contributed by atoms with van der Waals surface area (Å²) in [5, 5.41) is 36.6. The van der Waals surface area contributed by atoms with Gasteiger partial charge in [0, 0.05) is 6.42 Å². The highest BCUT2D eigenvalue weighted by Crippen LogP contribution is 2.21. The SMILES string of the molecule is Nc1ncnc2nc[nH]c12.OCC(O)C(O)CC(O)c1ccc(F)c(F)c1. The van der Waals surface area contributed by atoms with E-state index >= 15 is 0 Å². The molecule has 0 spiro atoms. The van der Waals surface area contributed by atoms with Crippen LogP contribution in [-0.2, 0) is 0 Å². The fourth-order valence-electron chi connectivity index (χ4n) is 2.15. The number of nitrogens with two attached hydrogens (primary N) is 1. The number of hydrogen-bond acceptors (Lipinski definition) is 8. The molecule has 0 aliphatic carbocycles. The number of aliphatic hydroxyl groups is 4. The predicted octanol–water partition coefficient (Wildman–Crippen LogP) is 0.0375. The van der Waals surface area contributed by atoms with Crippen molar-refractivity contribution in [1.29, 1.82) is 0 Å². The average molecular weight is 383 g/mol. The Kier molecular flexibility index (Phi) is 7.07. The molecular weight excluding hydrogens is 364 g/mol. The van der Waals surface area contributed by atoms with Crippen LogP contribution in [0.3, 0.4) is 0 Å². The average Bonchev–Trinajstić information content (AvgIpc) is 3.14. The van der Waals surface area contributed by atoms with E-state index in [0.29, 0.717) is 17.0 Å². The quantitative estimate of drug-likeness (QED) is 0.360. The second-order valence-corrected chi connectivity index (χ2v) is 5.60. The number of aliphatic hydroxyl groups excluding tert-OH is 4. The van der Waals surface area contributed by atoms with E-state index in [1.54, 1.807) is 0 Å². The van der Waals surface area contributed by atoms with Gasteiger partial charge in [0.2, 0.25) is 0 Å². The van der Waals surface area contributed by atoms with Crippen LogP contribution in [0.2, 0.25) is 0 Å². The minimum Gasteiger partial charge on any atom is -0.394 e. The van der Waals surface area contributed by atoms with Gasteiger partial charge in [-0.25, -0.2) is 23.7 Å². The third-order valence-electron chi connectivity index (χ3n) is 3.68. The molecule has 3 unspecified atom stereocenters. The Labute approximate surface area is 152 Å². The first-order valence-corrected chi connectivity index (χ1v) is 7.83. The second kappa shape index (κ2) is 9.28. The summed E-state index contributed by atoms with van der Waals surface area (Å²) < 4.78 is 25.5. The van der Waals surface area contributed by atoms with Gasteiger partial charge in [0.15, 0.2) is 23.1 Å². The van der Waals surface area contributed by atoms with Crippen molar-refractivity contribution < 1.29 is 29.2 Å². The summed E-state index contributed by atoms with van der Waals surface area (Å²) in [5.41, 5.74) is 6.87. The van der Waals surface area contributed by atoms with Gasteiger partial charge in [-0.05, 0) is 17.7 Å². The molecule has 27 heavy (non-hydrogen) atoms. The Morgan fingerprint density at radius 1 is 1.04 bits per heavy atom. The largest absolute Gasteiger partial charge is 0.394 e. The van der Waals surface area contributed by atoms with Gasteiger partial charge >= 0.3 is 0 Å². The molecular formula is C16H19F2N5O4. The van der Waals surface area contributed by atoms with Crippen molar-refractivity contribution in [3.05, 3.63) is 48.1 Å². The molecule has 0 aliphatic rings. The molecule has 3 atom stereocenters. The van der Waals surface area contributed by atoms with Crippen molar-refractivity contribution in [3.63, 3.8) is 0 Å². The Bertz CT molecular complexity index is 879. The molecule has 2 aromatic heterocycles. The van der Waals surface area contributed by atoms with E-state index in [0.717, 1.165) is 12.1 Å². The van der Waals surface area contributed by atoms with E-state index in [4.69, 9.17) is 15.9 Å². The van der Waals surface area contributed by atoms with E-state index < -0.39 is 36.6 Å². The van der Waals surface area contributed by atoms with Crippen molar-refractivity contribution >= 4 is 17.0 Å². The number of nitrogen functional groups attached to an aromatic ring is 1. The van der Waals surface area contributed by atoms with Gasteiger partial charge in [0.1, 0.15) is 17.9 Å². The van der Waals surface area contributed by atoms with E-state index in [-0.39, 0.29) is 12.0 Å². The zero-order valence-electron chi connectivity index (χ0n) is 14.0. The maximum absolute atomic E-state index is 12.9. The van der Waals surface area contributed by atoms with Gasteiger partial charge in [0.25, 0.3) is 0 Å². The monoisotopic (exact) mass is 383 g/mol. The van der Waals surface area contributed by atoms with Crippen LogP contribution in [0, 0.1) is 11.6 Å². The van der Waals surface area contributed by atoms with Gasteiger partial charge < -0.3 is 31.1 Å². The summed E-state index contributed by atoms with van der Waals surface area (Å²) in [6, 6.07) is 2.86. The highest BCUT2D eigenvalue weighted by Gasteiger charge is 2.21. The van der Waals surface area contributed by atoms with Gasteiger partial charge in [-0.3, -0.25) is 0 Å². The number of fused-ring (bicyclic) bond motifs is 1. The minimum absolute atomic E-state index is 0.0908. The molecule has 0 saturated heterocycles. The molecule has 3 rings (SSSR count). The van der Waals surface area contributed by atoms with Crippen LogP contribution in [0.4, 0.5) is 14.6 Å². The predicted molar refractivity (Wildman–Crippen MR) is 91.1 cm³/mol. The molecule has 1 aromatic carbocycles. The summed E-state index contributed by atoms with van der Waals surface area (Å²) in [6.07, 6.45) is -1.33. The first kappa shape index (κ1) is 20.6. The van der Waals surface area contributed by atoms with E-state index in [1.807, 2.05) is 0 Å². The Morgan fingerprint density at radius 2 is 1.78 bits per heavy atom. The summed E-state index contributed by atoms with van der Waals surface area (Å²) >= 11 is 0. The number of aromatic amines is 1. The standard InChI is InChI=1S/C11H14F2O4.C5H5N5/c12-7-2-1-6(3-8(7)13)9(15)4-10(16)11(17)5-14;6-4-3-5(9-1-7-3)10-2-8-4/h1-3,9-11,14-17H,4-5H2;1-2H,(H3,6,7,8,9,10). The molecule has 11 heteroatoms. The summed E-state index contributed by atoms with van der Waals surface area (Å²) in [5.74, 6) is -1.70. The molecule has 7 N–H and O–H groups in total. The number of hydrogen-bond donors (Lipinski definition) is 6. The van der Waals surface area contributed by atoms with Crippen molar-refractivity contribution in [2.24, 2.45) is 0 Å². The third-order valence-corrected chi connectivity index (χ3v) is 3.68. The topological polar surface area (TPSA) is 161 Å². The van der Waals surface area contributed by atoms with Crippen molar-refractivity contribution in [1.82, 2.24) is 19.9 Å². The van der Waals surface area contributed by atoms with Crippen LogP contribution >= 0.6 is 0 Å². The van der Waals surface area contributed by atoms with Crippen LogP contribution in [0.25, 0.3) is 11.2 Å². The smallest absolute Gasteiger partial charge is 0.182 e. The molecule has 0 saturated carbocycles. The Hall–Kier alpha value is -2.73. The van der Waals surface area contributed by atoms with Gasteiger partial charge in [-0.1, -0.05) is 6.07 Å². The summed E-state index contributed by atoms with van der Waals surface area (Å²) in [4.78, 5) is 14.4. The van der Waals surface area contributed by atoms with Crippen molar-refractivity contribution in [2.45, 2.75) is 24.7 Å². The van der Waals surface area contributed by atoms with Crippen LogP contribution in [0.15, 0.2) is 30.9 Å². The number of benzene rings is 1. The van der Waals surface area contributed by atoms with Gasteiger partial charge in [0.05, 0.1) is 25.1 Å². The highest BCUT2D eigenvalue weighted by atomic mass is 19.2. The number of nitrogens with zero attached hydrogens (tertiary/aromatic N) is 3. The molecule has 3 aromatic rings. The van der Waals surface area contributed by atoms with Crippen LogP contribution in [-0.4, -0.2) is 59.2 Å². The maximum Gasteiger partial charge on any atom is 0.182 e. The molecule has 0 aliphatic heterocycles. The molecule has 9 nitrogen and oxygen atoms in total. The Balaban J connectivity index is 0.000000219. The maximum atomic E-state index is 12.9. The first-order chi connectivity index (χ1) is 12.8. The van der Waals surface area contributed by atoms with Gasteiger partial charge in [-0.15, -0.1) is 0 Å². The lowest BCUT2D eigenvalue weighted by atomic mass is 10.0. The fourth-order valence-corrected chi connectivity index (χ4v) is 2.15. The van der Waals surface area contributed by atoms with Crippen LogP contribution in [0.1, 0.15) is 18.1 Å². The van der Waals surface area contributed by atoms with E-state index in [9.17, 15) is 19.0 Å². The Morgan fingerprint density at radius 3 is 2.41 bits per heavy atom. The number of halogens is 2. The molecule has 0 amide bonds. The first-order valence-electron chi connectivity index (χ1n) is 7.83. The molecule has 0 fully saturated rings. The van der Waals surface area contributed by atoms with Crippen molar-refractivity contribution in [3.8, 4) is 0 Å². The van der Waals surface area contributed by atoms with Crippen LogP contribution in [0.5, 0.6) is 0 Å². The number of aromatic nitrogens is 4. The zero-order chi connectivity index (χ0) is 20.0.